The molecule has 1 heterocycles. The Labute approximate surface area is 104 Å². The van der Waals surface area contributed by atoms with Crippen LogP contribution < -0.4 is 4.74 Å². The highest BCUT2D eigenvalue weighted by Crippen LogP contribution is 2.31. The molecule has 0 unspecified atom stereocenters. The maximum Gasteiger partial charge on any atom is 0.338 e. The van der Waals surface area contributed by atoms with Gasteiger partial charge in [-0.3, -0.25) is 4.98 Å². The molecule has 1 aromatic carbocycles. The van der Waals surface area contributed by atoms with Gasteiger partial charge in [-0.15, -0.1) is 0 Å². The molecule has 17 heavy (non-hydrogen) atoms. The standard InChI is InChI=1S/C11H7BrFNO3/c1-17-5-2-6-9(12)7(11(15)16)4-14-10(6)8(13)3-5/h2-4H,1H3,(H,15,16). The van der Waals surface area contributed by atoms with E-state index in [4.69, 9.17) is 9.84 Å². The quantitative estimate of drug-likeness (QED) is 0.926. The maximum atomic E-state index is 13.6. The lowest BCUT2D eigenvalue weighted by molar-refractivity contribution is 0.0695. The van der Waals surface area contributed by atoms with E-state index in [-0.39, 0.29) is 15.6 Å². The number of carboxylic acids is 1. The van der Waals surface area contributed by atoms with Crippen molar-refractivity contribution in [3.63, 3.8) is 0 Å². The molecule has 0 atom stereocenters. The minimum Gasteiger partial charge on any atom is -0.497 e. The van der Waals surface area contributed by atoms with Gasteiger partial charge in [0.05, 0.1) is 12.7 Å². The zero-order chi connectivity index (χ0) is 12.6. The van der Waals surface area contributed by atoms with Gasteiger partial charge in [-0.25, -0.2) is 9.18 Å². The molecule has 1 aromatic heterocycles. The highest BCUT2D eigenvalue weighted by Gasteiger charge is 2.15. The maximum absolute atomic E-state index is 13.6. The number of rotatable bonds is 2. The number of nitrogens with zero attached hydrogens (tertiary/aromatic N) is 1. The normalized spacial score (nSPS) is 10.5. The molecule has 0 amide bonds. The Morgan fingerprint density at radius 2 is 2.24 bits per heavy atom. The molecule has 0 aliphatic carbocycles. The minimum absolute atomic E-state index is 0.0230. The molecule has 0 radical (unpaired) electrons. The van der Waals surface area contributed by atoms with E-state index in [2.05, 4.69) is 20.9 Å². The minimum atomic E-state index is -1.13. The molecule has 0 saturated carbocycles. The van der Waals surface area contributed by atoms with Gasteiger partial charge in [0, 0.05) is 22.1 Å². The van der Waals surface area contributed by atoms with E-state index in [1.165, 1.54) is 19.2 Å². The predicted octanol–water partition coefficient (Wildman–Crippen LogP) is 2.84. The van der Waals surface area contributed by atoms with Crippen molar-refractivity contribution in [2.75, 3.05) is 7.11 Å². The average Bonchev–Trinajstić information content (AvgIpc) is 2.29. The van der Waals surface area contributed by atoms with Crippen LogP contribution in [0.15, 0.2) is 22.8 Å². The van der Waals surface area contributed by atoms with Crippen LogP contribution in [0.25, 0.3) is 10.9 Å². The summed E-state index contributed by atoms with van der Waals surface area (Å²) in [6.45, 7) is 0. The summed E-state index contributed by atoms with van der Waals surface area (Å²) >= 11 is 3.14. The third-order valence-electron chi connectivity index (χ3n) is 2.30. The number of carboxylic acid groups (broad SMARTS) is 1. The van der Waals surface area contributed by atoms with Crippen LogP contribution >= 0.6 is 15.9 Å². The number of hydrogen-bond donors (Lipinski definition) is 1. The number of benzene rings is 1. The summed E-state index contributed by atoms with van der Waals surface area (Å²) in [6, 6.07) is 2.73. The Hall–Kier alpha value is -1.69. The van der Waals surface area contributed by atoms with E-state index in [1.54, 1.807) is 0 Å². The van der Waals surface area contributed by atoms with Crippen molar-refractivity contribution >= 4 is 32.8 Å². The second kappa shape index (κ2) is 4.29. The number of fused-ring (bicyclic) bond motifs is 1. The summed E-state index contributed by atoms with van der Waals surface area (Å²) in [7, 11) is 1.41. The molecule has 1 N–H and O–H groups in total. The zero-order valence-corrected chi connectivity index (χ0v) is 10.3. The van der Waals surface area contributed by atoms with E-state index in [0.29, 0.717) is 11.1 Å². The van der Waals surface area contributed by atoms with Gasteiger partial charge >= 0.3 is 5.97 Å². The Morgan fingerprint density at radius 1 is 1.53 bits per heavy atom. The van der Waals surface area contributed by atoms with Crippen molar-refractivity contribution in [1.82, 2.24) is 4.98 Å². The van der Waals surface area contributed by atoms with Crippen LogP contribution in [0.5, 0.6) is 5.75 Å². The Kier molecular flexibility index (Phi) is 2.97. The van der Waals surface area contributed by atoms with Gasteiger partial charge in [-0.1, -0.05) is 0 Å². The number of methoxy groups -OCH3 is 1. The largest absolute Gasteiger partial charge is 0.497 e. The van der Waals surface area contributed by atoms with Crippen LogP contribution in [0.4, 0.5) is 4.39 Å². The molecule has 2 aromatic rings. The summed E-state index contributed by atoms with van der Waals surface area (Å²) in [5.74, 6) is -1.38. The smallest absolute Gasteiger partial charge is 0.338 e. The SMILES string of the molecule is COc1cc(F)c2ncc(C(=O)O)c(Br)c2c1. The first-order valence-electron chi connectivity index (χ1n) is 4.59. The molecule has 0 aliphatic heterocycles. The molecular weight excluding hydrogens is 293 g/mol. The van der Waals surface area contributed by atoms with Crippen LogP contribution in [-0.2, 0) is 0 Å². The van der Waals surface area contributed by atoms with Crippen molar-refractivity contribution in [2.45, 2.75) is 0 Å². The number of ether oxygens (including phenoxy) is 1. The van der Waals surface area contributed by atoms with E-state index in [0.717, 1.165) is 6.20 Å². The van der Waals surface area contributed by atoms with Gasteiger partial charge in [0.15, 0.2) is 5.82 Å². The Morgan fingerprint density at radius 3 is 2.82 bits per heavy atom. The molecule has 0 spiro atoms. The number of halogens is 2. The third-order valence-corrected chi connectivity index (χ3v) is 3.15. The first-order chi connectivity index (χ1) is 8.04. The van der Waals surface area contributed by atoms with E-state index < -0.39 is 11.8 Å². The Balaban J connectivity index is 2.83. The molecule has 0 aliphatic rings. The fourth-order valence-electron chi connectivity index (χ4n) is 1.47. The van der Waals surface area contributed by atoms with Crippen LogP contribution in [-0.4, -0.2) is 23.2 Å². The van der Waals surface area contributed by atoms with Crippen LogP contribution in [0, 0.1) is 5.82 Å². The van der Waals surface area contributed by atoms with Crippen LogP contribution in [0.1, 0.15) is 10.4 Å². The second-order valence-electron chi connectivity index (χ2n) is 3.30. The van der Waals surface area contributed by atoms with Gasteiger partial charge in [0.1, 0.15) is 11.3 Å². The molecule has 4 nitrogen and oxygen atoms in total. The highest BCUT2D eigenvalue weighted by atomic mass is 79.9. The monoisotopic (exact) mass is 299 g/mol. The fourth-order valence-corrected chi connectivity index (χ4v) is 2.04. The topological polar surface area (TPSA) is 59.4 Å². The van der Waals surface area contributed by atoms with E-state index in [9.17, 15) is 9.18 Å². The van der Waals surface area contributed by atoms with Gasteiger partial charge in [0.25, 0.3) is 0 Å². The molecule has 0 bridgehead atoms. The highest BCUT2D eigenvalue weighted by molar-refractivity contribution is 9.10. The fraction of sp³-hybridized carbons (Fsp3) is 0.0909. The van der Waals surface area contributed by atoms with Gasteiger partial charge in [0.2, 0.25) is 0 Å². The number of aromatic carboxylic acids is 1. The van der Waals surface area contributed by atoms with E-state index in [1.807, 2.05) is 0 Å². The summed E-state index contributed by atoms with van der Waals surface area (Å²) in [6.07, 6.45) is 1.12. The van der Waals surface area contributed by atoms with Crippen LogP contribution in [0.3, 0.4) is 0 Å². The molecule has 0 saturated heterocycles. The summed E-state index contributed by atoms with van der Waals surface area (Å²) in [4.78, 5) is 14.7. The van der Waals surface area contributed by atoms with Crippen molar-refractivity contribution < 1.29 is 19.0 Å². The summed E-state index contributed by atoms with van der Waals surface area (Å²) < 4.78 is 18.8. The first-order valence-corrected chi connectivity index (χ1v) is 5.39. The zero-order valence-electron chi connectivity index (χ0n) is 8.70. The number of carbonyl (C=O) groups is 1. The lowest BCUT2D eigenvalue weighted by atomic mass is 10.1. The predicted molar refractivity (Wildman–Crippen MR) is 62.9 cm³/mol. The third kappa shape index (κ3) is 1.95. The lowest BCUT2D eigenvalue weighted by Gasteiger charge is -2.07. The van der Waals surface area contributed by atoms with Crippen molar-refractivity contribution in [3.05, 3.63) is 34.2 Å². The van der Waals surface area contributed by atoms with Crippen molar-refractivity contribution in [3.8, 4) is 5.75 Å². The van der Waals surface area contributed by atoms with Gasteiger partial charge < -0.3 is 9.84 Å². The van der Waals surface area contributed by atoms with Gasteiger partial charge in [-0.05, 0) is 22.0 Å². The molecule has 6 heteroatoms. The van der Waals surface area contributed by atoms with Crippen molar-refractivity contribution in [2.24, 2.45) is 0 Å². The van der Waals surface area contributed by atoms with Crippen LogP contribution in [0.2, 0.25) is 0 Å². The number of aromatic nitrogens is 1. The lowest BCUT2D eigenvalue weighted by Crippen LogP contribution is -2.00. The summed E-state index contributed by atoms with van der Waals surface area (Å²) in [5.41, 5.74) is 0.0767. The first kappa shape index (κ1) is 11.8. The molecule has 88 valence electrons. The average molecular weight is 300 g/mol. The van der Waals surface area contributed by atoms with Crippen molar-refractivity contribution in [1.29, 1.82) is 0 Å². The number of pyridine rings is 1. The molecule has 2 rings (SSSR count). The molecular formula is C11H7BrFNO3. The van der Waals surface area contributed by atoms with E-state index >= 15 is 0 Å². The summed E-state index contributed by atoms with van der Waals surface area (Å²) in [5, 5.41) is 9.29. The van der Waals surface area contributed by atoms with Gasteiger partial charge in [-0.2, -0.15) is 0 Å². The Bertz CT molecular complexity index is 615. The second-order valence-corrected chi connectivity index (χ2v) is 4.09. The number of hydrogen-bond acceptors (Lipinski definition) is 3. The molecule has 0 fully saturated rings.